The molecule has 0 unspecified atom stereocenters. The summed E-state index contributed by atoms with van der Waals surface area (Å²) in [5, 5.41) is 12.1. The van der Waals surface area contributed by atoms with Crippen molar-refractivity contribution < 1.29 is 5.11 Å². The predicted octanol–water partition coefficient (Wildman–Crippen LogP) is 1.68. The molecule has 1 saturated heterocycles. The number of hydrazine groups is 3. The van der Waals surface area contributed by atoms with Crippen molar-refractivity contribution in [2.45, 2.75) is 18.7 Å². The van der Waals surface area contributed by atoms with Crippen LogP contribution in [-0.2, 0) is 12.6 Å². The first-order chi connectivity index (χ1) is 14.6. The molecule has 0 atom stereocenters. The molecule has 152 valence electrons. The Labute approximate surface area is 173 Å². The molecule has 0 bridgehead atoms. The molecule has 5 N–H and O–H groups in total. The summed E-state index contributed by atoms with van der Waals surface area (Å²) >= 11 is 0. The highest BCUT2D eigenvalue weighted by atomic mass is 16.3. The van der Waals surface area contributed by atoms with Gasteiger partial charge in [-0.3, -0.25) is 0 Å². The van der Waals surface area contributed by atoms with E-state index in [1.165, 1.54) is 0 Å². The number of aryl methyl sites for hydroxylation is 2. The third-order valence-electron chi connectivity index (χ3n) is 5.62. The first-order valence-electron chi connectivity index (χ1n) is 9.78. The zero-order chi connectivity index (χ0) is 20.7. The summed E-state index contributed by atoms with van der Waals surface area (Å²) in [5.41, 5.74) is 15.2. The Hall–Kier alpha value is -3.14. The highest BCUT2D eigenvalue weighted by Crippen LogP contribution is 2.37. The number of hydrogen-bond donors (Lipinski definition) is 5. The van der Waals surface area contributed by atoms with E-state index in [2.05, 4.69) is 21.9 Å². The number of fused-ring (bicyclic) bond motifs is 1. The van der Waals surface area contributed by atoms with Crippen LogP contribution in [0, 0.1) is 6.92 Å². The maximum absolute atomic E-state index is 12.1. The zero-order valence-corrected chi connectivity index (χ0v) is 16.7. The van der Waals surface area contributed by atoms with Gasteiger partial charge in [-0.1, -0.05) is 60.7 Å². The van der Waals surface area contributed by atoms with Crippen molar-refractivity contribution in [3.63, 3.8) is 0 Å². The van der Waals surface area contributed by atoms with Gasteiger partial charge in [0.15, 0.2) is 17.1 Å². The topological polar surface area (TPSA) is 99.1 Å². The molecule has 0 saturated carbocycles. The van der Waals surface area contributed by atoms with Gasteiger partial charge >= 0.3 is 0 Å². The van der Waals surface area contributed by atoms with E-state index in [-0.39, 0.29) is 6.17 Å². The molecule has 30 heavy (non-hydrogen) atoms. The van der Waals surface area contributed by atoms with Crippen molar-refractivity contribution in [1.82, 2.24) is 36.5 Å². The lowest BCUT2D eigenvalue weighted by Crippen LogP contribution is -2.33. The minimum Gasteiger partial charge on any atom is -0.373 e. The standard InChI is InChI=1S/C22H23N7O/c1-14-17(19-25-27-28-26-19)13-18-20(23-14)24-21(29(18)2)22(30,15-9-5-3-6-10-15)16-11-7-4-8-12-16/h3-13,19,25-28,30H,1-2H3. The van der Waals surface area contributed by atoms with Gasteiger partial charge < -0.3 is 9.67 Å². The molecule has 4 aromatic rings. The van der Waals surface area contributed by atoms with Crippen LogP contribution >= 0.6 is 0 Å². The number of rotatable bonds is 4. The smallest absolute Gasteiger partial charge is 0.178 e. The molecule has 8 nitrogen and oxygen atoms in total. The third-order valence-corrected chi connectivity index (χ3v) is 5.62. The van der Waals surface area contributed by atoms with E-state index in [9.17, 15) is 5.11 Å². The van der Waals surface area contributed by atoms with E-state index in [1.807, 2.05) is 85.3 Å². The van der Waals surface area contributed by atoms with Crippen molar-refractivity contribution in [2.24, 2.45) is 7.05 Å². The Kier molecular flexibility index (Phi) is 4.58. The Morgan fingerprint density at radius 3 is 2.03 bits per heavy atom. The minimum absolute atomic E-state index is 0.137. The molecular weight excluding hydrogens is 378 g/mol. The van der Waals surface area contributed by atoms with E-state index in [4.69, 9.17) is 9.97 Å². The predicted molar refractivity (Wildman–Crippen MR) is 114 cm³/mol. The lowest BCUT2D eigenvalue weighted by Gasteiger charge is -2.28. The van der Waals surface area contributed by atoms with Crippen LogP contribution in [0.3, 0.4) is 0 Å². The van der Waals surface area contributed by atoms with Gasteiger partial charge in [-0.05, 0) is 24.1 Å². The summed E-state index contributed by atoms with van der Waals surface area (Å²) in [4.78, 5) is 9.52. The van der Waals surface area contributed by atoms with Gasteiger partial charge in [-0.15, -0.1) is 0 Å². The summed E-state index contributed by atoms with van der Waals surface area (Å²) in [6.07, 6.45) is -0.137. The second-order valence-electron chi connectivity index (χ2n) is 7.41. The Balaban J connectivity index is 1.74. The second kappa shape index (κ2) is 7.28. The van der Waals surface area contributed by atoms with Gasteiger partial charge in [0.05, 0.1) is 5.52 Å². The minimum atomic E-state index is -1.42. The molecule has 0 radical (unpaired) electrons. The van der Waals surface area contributed by atoms with Crippen LogP contribution in [0.4, 0.5) is 0 Å². The Morgan fingerprint density at radius 2 is 1.47 bits per heavy atom. The molecule has 1 aliphatic rings. The average Bonchev–Trinajstić information content (AvgIpc) is 3.42. The van der Waals surface area contributed by atoms with E-state index < -0.39 is 5.60 Å². The quantitative estimate of drug-likeness (QED) is 0.355. The largest absolute Gasteiger partial charge is 0.373 e. The van der Waals surface area contributed by atoms with Crippen LogP contribution in [0.1, 0.15) is 34.4 Å². The fourth-order valence-corrected chi connectivity index (χ4v) is 4.02. The molecule has 0 aliphatic carbocycles. The van der Waals surface area contributed by atoms with E-state index in [1.54, 1.807) is 0 Å². The molecular formula is C22H23N7O. The molecule has 1 fully saturated rings. The number of aliphatic hydroxyl groups is 1. The van der Waals surface area contributed by atoms with Crippen molar-refractivity contribution in [1.29, 1.82) is 0 Å². The van der Waals surface area contributed by atoms with Crippen LogP contribution in [0.2, 0.25) is 0 Å². The maximum Gasteiger partial charge on any atom is 0.178 e. The van der Waals surface area contributed by atoms with Crippen molar-refractivity contribution >= 4 is 11.2 Å². The van der Waals surface area contributed by atoms with Gasteiger partial charge in [0.1, 0.15) is 6.17 Å². The van der Waals surface area contributed by atoms with Crippen LogP contribution in [0.5, 0.6) is 0 Å². The Bertz CT molecular complexity index is 1150. The molecule has 5 rings (SSSR count). The average molecular weight is 401 g/mol. The summed E-state index contributed by atoms with van der Waals surface area (Å²) < 4.78 is 1.92. The maximum atomic E-state index is 12.1. The number of pyridine rings is 1. The van der Waals surface area contributed by atoms with Crippen molar-refractivity contribution in [3.8, 4) is 0 Å². The normalized spacial score (nSPS) is 15.2. The Morgan fingerprint density at radius 1 is 0.900 bits per heavy atom. The molecule has 2 aromatic heterocycles. The number of imidazole rings is 1. The van der Waals surface area contributed by atoms with Gasteiger partial charge in [0.25, 0.3) is 0 Å². The number of nitrogens with zero attached hydrogens (tertiary/aromatic N) is 3. The van der Waals surface area contributed by atoms with Gasteiger partial charge in [-0.25, -0.2) is 20.8 Å². The van der Waals surface area contributed by atoms with Crippen molar-refractivity contribution in [3.05, 3.63) is 94.9 Å². The monoisotopic (exact) mass is 401 g/mol. The molecule has 0 spiro atoms. The van der Waals surface area contributed by atoms with Gasteiger partial charge in [0.2, 0.25) is 0 Å². The van der Waals surface area contributed by atoms with E-state index in [0.29, 0.717) is 11.5 Å². The van der Waals surface area contributed by atoms with Gasteiger partial charge in [-0.2, -0.15) is 11.1 Å². The van der Waals surface area contributed by atoms with Crippen LogP contribution in [-0.4, -0.2) is 19.6 Å². The fraction of sp³-hybridized carbons (Fsp3) is 0.182. The van der Waals surface area contributed by atoms with Gasteiger partial charge in [0, 0.05) is 18.3 Å². The molecule has 0 amide bonds. The summed E-state index contributed by atoms with van der Waals surface area (Å²) in [5.74, 6) is 0.516. The lowest BCUT2D eigenvalue weighted by molar-refractivity contribution is 0.113. The second-order valence-corrected chi connectivity index (χ2v) is 7.41. The summed E-state index contributed by atoms with van der Waals surface area (Å²) in [6.45, 7) is 1.95. The van der Waals surface area contributed by atoms with Crippen LogP contribution in [0.15, 0.2) is 66.7 Å². The lowest BCUT2D eigenvalue weighted by atomic mass is 9.85. The van der Waals surface area contributed by atoms with Crippen LogP contribution < -0.4 is 21.9 Å². The first kappa shape index (κ1) is 18.9. The molecule has 3 heterocycles. The SMILES string of the molecule is Cc1nc2nc(C(O)(c3ccccc3)c3ccccc3)n(C)c2cc1C1NNNN1. The van der Waals surface area contributed by atoms with E-state index in [0.717, 1.165) is 27.9 Å². The number of aromatic nitrogens is 3. The summed E-state index contributed by atoms with van der Waals surface area (Å²) in [6, 6.07) is 21.3. The molecule has 1 aliphatic heterocycles. The fourth-order valence-electron chi connectivity index (χ4n) is 4.02. The number of hydrogen-bond acceptors (Lipinski definition) is 7. The number of nitrogens with one attached hydrogen (secondary N) is 4. The third kappa shape index (κ3) is 2.90. The highest BCUT2D eigenvalue weighted by Gasteiger charge is 2.38. The number of benzene rings is 2. The zero-order valence-electron chi connectivity index (χ0n) is 16.7. The van der Waals surface area contributed by atoms with Crippen LogP contribution in [0.25, 0.3) is 11.2 Å². The van der Waals surface area contributed by atoms with E-state index >= 15 is 0 Å². The van der Waals surface area contributed by atoms with Crippen molar-refractivity contribution in [2.75, 3.05) is 0 Å². The molecule has 8 heteroatoms. The summed E-state index contributed by atoms with van der Waals surface area (Å²) in [7, 11) is 1.91. The first-order valence-corrected chi connectivity index (χ1v) is 9.78. The molecule has 2 aromatic carbocycles. The highest BCUT2D eigenvalue weighted by molar-refractivity contribution is 5.74.